The first kappa shape index (κ1) is 21.6. The number of nitrogens with one attached hydrogen (secondary N) is 2. The molecule has 0 aliphatic rings. The fourth-order valence-corrected chi connectivity index (χ4v) is 2.80. The van der Waals surface area contributed by atoms with Crippen LogP contribution in [0.2, 0.25) is 5.02 Å². The molecule has 0 aliphatic carbocycles. The summed E-state index contributed by atoms with van der Waals surface area (Å²) < 4.78 is 42.1. The van der Waals surface area contributed by atoms with Gasteiger partial charge in [-0.15, -0.1) is 0 Å². The Morgan fingerprint density at radius 3 is 2.57 bits per heavy atom. The smallest absolute Gasteiger partial charge is 0.306 e. The van der Waals surface area contributed by atoms with E-state index in [1.807, 2.05) is 0 Å². The molecule has 5 nitrogen and oxygen atoms in total. The summed E-state index contributed by atoms with van der Waals surface area (Å²) in [5.74, 6) is -3.91. The minimum atomic E-state index is -3.21. The van der Waals surface area contributed by atoms with E-state index in [1.165, 1.54) is 36.5 Å². The van der Waals surface area contributed by atoms with Gasteiger partial charge in [0, 0.05) is 18.3 Å². The number of halogens is 4. The highest BCUT2D eigenvalue weighted by Gasteiger charge is 2.32. The number of benzene rings is 1. The zero-order chi connectivity index (χ0) is 21.6. The van der Waals surface area contributed by atoms with Crippen LogP contribution in [-0.4, -0.2) is 22.4 Å². The minimum Gasteiger partial charge on any atom is -0.364 e. The number of rotatable bonds is 8. The molecule has 0 radical (unpaired) electrons. The van der Waals surface area contributed by atoms with E-state index in [0.29, 0.717) is 5.56 Å². The molecule has 9 heteroatoms. The van der Waals surface area contributed by atoms with Crippen LogP contribution in [0.1, 0.15) is 17.0 Å². The van der Waals surface area contributed by atoms with Crippen molar-refractivity contribution in [2.75, 3.05) is 11.9 Å². The zero-order valence-corrected chi connectivity index (χ0v) is 16.5. The second-order valence-corrected chi connectivity index (χ2v) is 6.85. The number of pyridine rings is 2. The van der Waals surface area contributed by atoms with Gasteiger partial charge in [0.05, 0.1) is 23.7 Å². The van der Waals surface area contributed by atoms with Crippen molar-refractivity contribution in [3.63, 3.8) is 0 Å². The predicted octanol–water partition coefficient (Wildman–Crippen LogP) is 4.33. The second kappa shape index (κ2) is 9.58. The molecule has 0 fully saturated rings. The van der Waals surface area contributed by atoms with Crippen molar-refractivity contribution < 1.29 is 18.0 Å². The molecule has 2 aromatic heterocycles. The number of amides is 1. The number of anilines is 1. The Kier molecular flexibility index (Phi) is 6.89. The maximum absolute atomic E-state index is 14.3. The second-order valence-electron chi connectivity index (χ2n) is 6.44. The van der Waals surface area contributed by atoms with Gasteiger partial charge in [-0.05, 0) is 30.3 Å². The number of hydrogen-bond acceptors (Lipinski definition) is 4. The SMILES string of the molecule is O=C(Cc1nc(NCC(F)(F)c2ccccn2)ccc1Cl)NCc1ccccc1F. The van der Waals surface area contributed by atoms with Crippen molar-refractivity contribution in [3.8, 4) is 0 Å². The summed E-state index contributed by atoms with van der Waals surface area (Å²) in [6, 6.07) is 13.3. The Morgan fingerprint density at radius 2 is 1.83 bits per heavy atom. The van der Waals surface area contributed by atoms with Crippen LogP contribution < -0.4 is 10.6 Å². The first-order chi connectivity index (χ1) is 14.3. The molecule has 0 unspecified atom stereocenters. The number of alkyl halides is 2. The van der Waals surface area contributed by atoms with E-state index >= 15 is 0 Å². The van der Waals surface area contributed by atoms with Crippen molar-refractivity contribution >= 4 is 23.3 Å². The van der Waals surface area contributed by atoms with Gasteiger partial charge in [0.2, 0.25) is 5.91 Å². The molecule has 2 heterocycles. The van der Waals surface area contributed by atoms with E-state index in [-0.39, 0.29) is 35.2 Å². The third kappa shape index (κ3) is 5.70. The first-order valence-electron chi connectivity index (χ1n) is 9.04. The molecular weight excluding hydrogens is 417 g/mol. The lowest BCUT2D eigenvalue weighted by molar-refractivity contribution is -0.120. The maximum atomic E-state index is 14.3. The molecule has 2 N–H and O–H groups in total. The lowest BCUT2D eigenvalue weighted by atomic mass is 10.2. The Morgan fingerprint density at radius 1 is 1.07 bits per heavy atom. The summed E-state index contributed by atoms with van der Waals surface area (Å²) in [5, 5.41) is 5.36. The molecule has 0 saturated carbocycles. The summed E-state index contributed by atoms with van der Waals surface area (Å²) >= 11 is 6.08. The van der Waals surface area contributed by atoms with Crippen LogP contribution >= 0.6 is 11.6 Å². The predicted molar refractivity (Wildman–Crippen MR) is 108 cm³/mol. The summed E-state index contributed by atoms with van der Waals surface area (Å²) in [6.07, 6.45) is 1.11. The van der Waals surface area contributed by atoms with Crippen molar-refractivity contribution in [1.29, 1.82) is 0 Å². The van der Waals surface area contributed by atoms with Crippen LogP contribution in [-0.2, 0) is 23.7 Å². The number of carbonyl (C=O) groups excluding carboxylic acids is 1. The van der Waals surface area contributed by atoms with E-state index < -0.39 is 24.2 Å². The Bertz CT molecular complexity index is 1020. The van der Waals surface area contributed by atoms with E-state index in [1.54, 1.807) is 24.3 Å². The largest absolute Gasteiger partial charge is 0.364 e. The highest BCUT2D eigenvalue weighted by atomic mass is 35.5. The molecule has 3 rings (SSSR count). The van der Waals surface area contributed by atoms with Crippen LogP contribution in [0.4, 0.5) is 19.0 Å². The molecular formula is C21H18ClF3N4O. The van der Waals surface area contributed by atoms with Crippen molar-refractivity contribution in [3.05, 3.63) is 88.6 Å². The molecule has 0 atom stereocenters. The number of aromatic nitrogens is 2. The monoisotopic (exact) mass is 434 g/mol. The molecule has 1 amide bonds. The highest BCUT2D eigenvalue weighted by Crippen LogP contribution is 2.26. The van der Waals surface area contributed by atoms with E-state index in [2.05, 4.69) is 20.6 Å². The summed E-state index contributed by atoms with van der Waals surface area (Å²) in [7, 11) is 0. The lowest BCUT2D eigenvalue weighted by Gasteiger charge is -2.17. The van der Waals surface area contributed by atoms with Crippen LogP contribution in [0.25, 0.3) is 0 Å². The van der Waals surface area contributed by atoms with Crippen molar-refractivity contribution in [2.45, 2.75) is 18.9 Å². The third-order valence-corrected chi connectivity index (χ3v) is 4.56. The van der Waals surface area contributed by atoms with Crippen molar-refractivity contribution in [2.24, 2.45) is 0 Å². The summed E-state index contributed by atoms with van der Waals surface area (Å²) in [5.41, 5.74) is 0.199. The maximum Gasteiger partial charge on any atom is 0.306 e. The van der Waals surface area contributed by atoms with Gasteiger partial charge in [-0.3, -0.25) is 9.78 Å². The average molecular weight is 435 g/mol. The molecule has 30 heavy (non-hydrogen) atoms. The molecule has 0 saturated heterocycles. The average Bonchev–Trinajstić information content (AvgIpc) is 2.74. The fourth-order valence-electron chi connectivity index (χ4n) is 2.63. The molecule has 156 valence electrons. The van der Waals surface area contributed by atoms with Gasteiger partial charge >= 0.3 is 5.92 Å². The first-order valence-corrected chi connectivity index (χ1v) is 9.42. The normalized spacial score (nSPS) is 11.2. The number of nitrogens with zero attached hydrogens (tertiary/aromatic N) is 2. The Labute approximate surface area is 176 Å². The van der Waals surface area contributed by atoms with Gasteiger partial charge in [0.25, 0.3) is 0 Å². The van der Waals surface area contributed by atoms with E-state index in [9.17, 15) is 18.0 Å². The molecule has 0 spiro atoms. The number of hydrogen-bond donors (Lipinski definition) is 2. The van der Waals surface area contributed by atoms with Gasteiger partial charge in [0.15, 0.2) is 0 Å². The molecule has 3 aromatic rings. The summed E-state index contributed by atoms with van der Waals surface area (Å²) in [4.78, 5) is 20.0. The molecule has 0 aliphatic heterocycles. The molecule has 0 bridgehead atoms. The van der Waals surface area contributed by atoms with E-state index in [4.69, 9.17) is 11.6 Å². The highest BCUT2D eigenvalue weighted by molar-refractivity contribution is 6.31. The van der Waals surface area contributed by atoms with Gasteiger partial charge in [-0.2, -0.15) is 8.78 Å². The minimum absolute atomic E-state index is 0.0113. The summed E-state index contributed by atoms with van der Waals surface area (Å²) in [6.45, 7) is -0.713. The lowest BCUT2D eigenvalue weighted by Crippen LogP contribution is -2.27. The Balaban J connectivity index is 1.60. The van der Waals surface area contributed by atoms with Crippen LogP contribution in [0.15, 0.2) is 60.8 Å². The quantitative estimate of drug-likeness (QED) is 0.553. The van der Waals surface area contributed by atoms with Gasteiger partial charge in [-0.25, -0.2) is 9.37 Å². The Hall–Kier alpha value is -3.13. The van der Waals surface area contributed by atoms with Gasteiger partial charge in [-0.1, -0.05) is 35.9 Å². The van der Waals surface area contributed by atoms with Crippen LogP contribution in [0.3, 0.4) is 0 Å². The third-order valence-electron chi connectivity index (χ3n) is 4.21. The van der Waals surface area contributed by atoms with Crippen molar-refractivity contribution in [1.82, 2.24) is 15.3 Å². The standard InChI is InChI=1S/C21H18ClF3N4O/c22-15-8-9-19(28-13-21(24,25)18-7-3-4-10-26-18)29-17(15)11-20(30)27-12-14-5-1-2-6-16(14)23/h1-10H,11-13H2,(H,27,30)(H,28,29). The van der Waals surface area contributed by atoms with Crippen LogP contribution in [0.5, 0.6) is 0 Å². The van der Waals surface area contributed by atoms with E-state index in [0.717, 1.165) is 0 Å². The zero-order valence-electron chi connectivity index (χ0n) is 15.7. The molecule has 1 aromatic carbocycles. The topological polar surface area (TPSA) is 66.9 Å². The van der Waals surface area contributed by atoms with Crippen LogP contribution in [0, 0.1) is 5.82 Å². The number of carbonyl (C=O) groups is 1. The fraction of sp³-hybridized carbons (Fsp3) is 0.190. The van der Waals surface area contributed by atoms with Gasteiger partial charge in [0.1, 0.15) is 17.3 Å². The van der Waals surface area contributed by atoms with Gasteiger partial charge < -0.3 is 10.6 Å².